The van der Waals surface area contributed by atoms with E-state index in [9.17, 15) is 13.2 Å². The van der Waals surface area contributed by atoms with Gasteiger partial charge in [-0.2, -0.15) is 4.31 Å². The van der Waals surface area contributed by atoms with Crippen LogP contribution < -0.4 is 5.32 Å². The van der Waals surface area contributed by atoms with E-state index in [1.807, 2.05) is 0 Å². The number of methoxy groups -OCH3 is 1. The van der Waals surface area contributed by atoms with E-state index in [1.54, 1.807) is 24.3 Å². The summed E-state index contributed by atoms with van der Waals surface area (Å²) in [7, 11) is -2.13. The molecule has 2 rings (SSSR count). The molecule has 0 atom stereocenters. The molecule has 0 aromatic heterocycles. The van der Waals surface area contributed by atoms with Gasteiger partial charge in [-0.3, -0.25) is 0 Å². The van der Waals surface area contributed by atoms with Crippen molar-refractivity contribution >= 4 is 28.4 Å². The molecule has 0 amide bonds. The molecule has 0 unspecified atom stereocenters. The van der Waals surface area contributed by atoms with Gasteiger partial charge in [0.15, 0.2) is 0 Å². The van der Waals surface area contributed by atoms with Crippen LogP contribution in [0.4, 0.5) is 0 Å². The molecule has 1 heterocycles. The van der Waals surface area contributed by atoms with Crippen LogP contribution in [0.1, 0.15) is 15.9 Å². The van der Waals surface area contributed by atoms with E-state index < -0.39 is 16.0 Å². The lowest BCUT2D eigenvalue weighted by atomic mass is 10.1. The van der Waals surface area contributed by atoms with Gasteiger partial charge >= 0.3 is 5.97 Å². The molecule has 1 aliphatic rings. The minimum absolute atomic E-state index is 0. The molecule has 1 N–H and O–H groups in total. The van der Waals surface area contributed by atoms with Crippen molar-refractivity contribution in [3.8, 4) is 0 Å². The number of rotatable bonds is 4. The van der Waals surface area contributed by atoms with Crippen molar-refractivity contribution in [1.82, 2.24) is 9.62 Å². The molecule has 0 aliphatic carbocycles. The number of piperazine rings is 1. The third-order valence-corrected chi connectivity index (χ3v) is 5.06. The summed E-state index contributed by atoms with van der Waals surface area (Å²) < 4.78 is 30.9. The van der Waals surface area contributed by atoms with Gasteiger partial charge in [0.2, 0.25) is 10.0 Å². The Hall–Kier alpha value is -1.15. The predicted octanol–water partition coefficient (Wildman–Crippen LogP) is 0.630. The van der Waals surface area contributed by atoms with E-state index in [4.69, 9.17) is 0 Å². The Kier molecular flexibility index (Phi) is 6.60. The van der Waals surface area contributed by atoms with Crippen molar-refractivity contribution in [1.29, 1.82) is 0 Å². The average Bonchev–Trinajstić information content (AvgIpc) is 2.47. The summed E-state index contributed by atoms with van der Waals surface area (Å²) in [6.45, 7) is 2.22. The third kappa shape index (κ3) is 4.41. The van der Waals surface area contributed by atoms with E-state index in [2.05, 4.69) is 10.1 Å². The quantitative estimate of drug-likeness (QED) is 0.817. The first-order valence-corrected chi connectivity index (χ1v) is 8.00. The minimum atomic E-state index is -3.42. The van der Waals surface area contributed by atoms with Crippen molar-refractivity contribution in [2.45, 2.75) is 5.75 Å². The fraction of sp³-hybridized carbons (Fsp3) is 0.462. The summed E-state index contributed by atoms with van der Waals surface area (Å²) in [4.78, 5) is 11.7. The van der Waals surface area contributed by atoms with E-state index >= 15 is 0 Å². The topological polar surface area (TPSA) is 75.7 Å². The van der Waals surface area contributed by atoms with Crippen LogP contribution in [0.25, 0.3) is 0 Å². The standard InChI is InChI=1S/C13H18N2O4S.ClH/c1-19-13(16)12-5-3-2-4-11(12)10-20(17,18)15-8-6-14-7-9-15;/h2-5,14H,6-10H2,1H3;1H. The Bertz CT molecular complexity index is 586. The number of halogens is 1. The molecule has 21 heavy (non-hydrogen) atoms. The number of ether oxygens (including phenoxy) is 1. The monoisotopic (exact) mass is 334 g/mol. The highest BCUT2D eigenvalue weighted by molar-refractivity contribution is 7.88. The largest absolute Gasteiger partial charge is 0.465 e. The fourth-order valence-corrected chi connectivity index (χ4v) is 3.73. The first kappa shape index (κ1) is 17.9. The maximum atomic E-state index is 12.4. The molecular formula is C13H19ClN2O4S. The van der Waals surface area contributed by atoms with Gasteiger partial charge in [0, 0.05) is 26.2 Å². The van der Waals surface area contributed by atoms with Crippen molar-refractivity contribution in [2.24, 2.45) is 0 Å². The van der Waals surface area contributed by atoms with Crippen molar-refractivity contribution in [2.75, 3.05) is 33.3 Å². The van der Waals surface area contributed by atoms with E-state index in [-0.39, 0.29) is 18.2 Å². The molecule has 0 saturated carbocycles. The average molecular weight is 335 g/mol. The van der Waals surface area contributed by atoms with Crippen molar-refractivity contribution in [3.05, 3.63) is 35.4 Å². The van der Waals surface area contributed by atoms with E-state index in [1.165, 1.54) is 11.4 Å². The zero-order valence-electron chi connectivity index (χ0n) is 11.7. The highest BCUT2D eigenvalue weighted by atomic mass is 35.5. The molecule has 0 spiro atoms. The number of nitrogens with zero attached hydrogens (tertiary/aromatic N) is 1. The second kappa shape index (κ2) is 7.74. The molecule has 1 aromatic rings. The zero-order valence-corrected chi connectivity index (χ0v) is 13.4. The number of hydrogen-bond acceptors (Lipinski definition) is 5. The van der Waals surface area contributed by atoms with Gasteiger partial charge in [-0.05, 0) is 11.6 Å². The lowest BCUT2D eigenvalue weighted by Gasteiger charge is -2.26. The number of carbonyl (C=O) groups excluding carboxylic acids is 1. The molecule has 0 bridgehead atoms. The first-order valence-electron chi connectivity index (χ1n) is 6.39. The van der Waals surface area contributed by atoms with Crippen molar-refractivity contribution < 1.29 is 17.9 Å². The molecule has 6 nitrogen and oxygen atoms in total. The SMILES string of the molecule is COC(=O)c1ccccc1CS(=O)(=O)N1CCNCC1.Cl. The maximum Gasteiger partial charge on any atom is 0.338 e. The lowest BCUT2D eigenvalue weighted by molar-refractivity contribution is 0.0600. The summed E-state index contributed by atoms with van der Waals surface area (Å²) in [5, 5.41) is 3.11. The molecular weight excluding hydrogens is 316 g/mol. The summed E-state index contributed by atoms with van der Waals surface area (Å²) in [6, 6.07) is 6.63. The number of hydrogen-bond donors (Lipinski definition) is 1. The van der Waals surface area contributed by atoms with Crippen LogP contribution in [0.15, 0.2) is 24.3 Å². The number of esters is 1. The maximum absolute atomic E-state index is 12.4. The van der Waals surface area contributed by atoms with Crippen LogP contribution in [0.2, 0.25) is 0 Å². The normalized spacial score (nSPS) is 16.0. The molecule has 118 valence electrons. The van der Waals surface area contributed by atoms with Gasteiger partial charge in [0.25, 0.3) is 0 Å². The van der Waals surface area contributed by atoms with Crippen LogP contribution in [0.3, 0.4) is 0 Å². The third-order valence-electron chi connectivity index (χ3n) is 3.23. The Balaban J connectivity index is 0.00000220. The summed E-state index contributed by atoms with van der Waals surface area (Å²) in [5.41, 5.74) is 0.770. The molecule has 1 fully saturated rings. The first-order chi connectivity index (χ1) is 9.54. The second-order valence-corrected chi connectivity index (χ2v) is 6.52. The molecule has 1 aromatic carbocycles. The Morgan fingerprint density at radius 3 is 2.52 bits per heavy atom. The zero-order chi connectivity index (χ0) is 14.6. The van der Waals surface area contributed by atoms with Crippen molar-refractivity contribution in [3.63, 3.8) is 0 Å². The Morgan fingerprint density at radius 1 is 1.29 bits per heavy atom. The number of nitrogens with one attached hydrogen (secondary N) is 1. The molecule has 0 radical (unpaired) electrons. The minimum Gasteiger partial charge on any atom is -0.465 e. The van der Waals surface area contributed by atoms with Gasteiger partial charge in [-0.25, -0.2) is 13.2 Å². The van der Waals surface area contributed by atoms with E-state index in [0.29, 0.717) is 37.3 Å². The van der Waals surface area contributed by atoms with Crippen LogP contribution in [-0.4, -0.2) is 52.0 Å². The van der Waals surface area contributed by atoms with Gasteiger partial charge < -0.3 is 10.1 Å². The van der Waals surface area contributed by atoms with E-state index in [0.717, 1.165) is 0 Å². The highest BCUT2D eigenvalue weighted by Gasteiger charge is 2.25. The van der Waals surface area contributed by atoms with Gasteiger partial charge in [-0.15, -0.1) is 12.4 Å². The van der Waals surface area contributed by atoms with Crippen LogP contribution in [0.5, 0.6) is 0 Å². The summed E-state index contributed by atoms with van der Waals surface area (Å²) in [6.07, 6.45) is 0. The predicted molar refractivity (Wildman–Crippen MR) is 82.1 cm³/mol. The molecule has 1 aliphatic heterocycles. The summed E-state index contributed by atoms with van der Waals surface area (Å²) in [5.74, 6) is -0.700. The highest BCUT2D eigenvalue weighted by Crippen LogP contribution is 2.16. The fourth-order valence-electron chi connectivity index (χ4n) is 2.17. The smallest absolute Gasteiger partial charge is 0.338 e. The lowest BCUT2D eigenvalue weighted by Crippen LogP contribution is -2.46. The molecule has 8 heteroatoms. The van der Waals surface area contributed by atoms with Gasteiger partial charge in [0.05, 0.1) is 18.4 Å². The van der Waals surface area contributed by atoms with Crippen LogP contribution in [-0.2, 0) is 20.5 Å². The number of benzene rings is 1. The number of sulfonamides is 1. The molecule has 1 saturated heterocycles. The van der Waals surface area contributed by atoms with Gasteiger partial charge in [-0.1, -0.05) is 18.2 Å². The number of carbonyl (C=O) groups is 1. The van der Waals surface area contributed by atoms with Crippen LogP contribution >= 0.6 is 12.4 Å². The Morgan fingerprint density at radius 2 is 1.90 bits per heavy atom. The second-order valence-electron chi connectivity index (χ2n) is 4.55. The van der Waals surface area contributed by atoms with Crippen LogP contribution in [0, 0.1) is 0 Å². The van der Waals surface area contributed by atoms with Gasteiger partial charge in [0.1, 0.15) is 0 Å². The summed E-state index contributed by atoms with van der Waals surface area (Å²) >= 11 is 0. The Labute approximate surface area is 130 Å².